The number of halogens is 1. The number of aryl methyl sites for hydroxylation is 1. The van der Waals surface area contributed by atoms with E-state index in [2.05, 4.69) is 10.4 Å². The summed E-state index contributed by atoms with van der Waals surface area (Å²) in [5, 5.41) is 7.58. The summed E-state index contributed by atoms with van der Waals surface area (Å²) in [7, 11) is 1.56. The van der Waals surface area contributed by atoms with Gasteiger partial charge in [0.1, 0.15) is 12.3 Å². The number of hydrogen-bond donors (Lipinski definition) is 1. The molecule has 0 fully saturated rings. The first-order chi connectivity index (χ1) is 13.0. The normalized spacial score (nSPS) is 10.5. The summed E-state index contributed by atoms with van der Waals surface area (Å²) in [6, 6.07) is 15.5. The van der Waals surface area contributed by atoms with E-state index in [0.29, 0.717) is 22.2 Å². The number of methoxy groups -OCH3 is 1. The van der Waals surface area contributed by atoms with E-state index in [1.54, 1.807) is 31.4 Å². The quantitative estimate of drug-likeness (QED) is 0.731. The van der Waals surface area contributed by atoms with Crippen molar-refractivity contribution in [3.05, 3.63) is 75.5 Å². The van der Waals surface area contributed by atoms with Crippen LogP contribution in [0.1, 0.15) is 5.56 Å². The molecule has 3 rings (SSSR count). The van der Waals surface area contributed by atoms with Crippen LogP contribution in [0.2, 0.25) is 5.02 Å². The Morgan fingerprint density at radius 1 is 1.19 bits per heavy atom. The third-order valence-electron chi connectivity index (χ3n) is 4.00. The largest absolute Gasteiger partial charge is 0.496 e. The number of carbonyl (C=O) groups is 1. The van der Waals surface area contributed by atoms with Gasteiger partial charge in [0.15, 0.2) is 0 Å². The molecular formula is C20H18ClN3O3. The first-order valence-electron chi connectivity index (χ1n) is 8.25. The summed E-state index contributed by atoms with van der Waals surface area (Å²) < 4.78 is 6.45. The van der Waals surface area contributed by atoms with Crippen LogP contribution in [0.25, 0.3) is 11.3 Å². The average Bonchev–Trinajstić information content (AvgIpc) is 2.66. The van der Waals surface area contributed by atoms with Crippen LogP contribution >= 0.6 is 11.6 Å². The number of ether oxygens (including phenoxy) is 1. The van der Waals surface area contributed by atoms with Gasteiger partial charge in [0.05, 0.1) is 12.8 Å². The number of nitrogens with one attached hydrogen (secondary N) is 1. The minimum atomic E-state index is -0.373. The molecule has 6 nitrogen and oxygen atoms in total. The van der Waals surface area contributed by atoms with Gasteiger partial charge in [-0.3, -0.25) is 9.59 Å². The molecule has 0 radical (unpaired) electrons. The monoisotopic (exact) mass is 383 g/mol. The van der Waals surface area contributed by atoms with Crippen LogP contribution in [0.4, 0.5) is 5.69 Å². The van der Waals surface area contributed by atoms with E-state index in [9.17, 15) is 9.59 Å². The lowest BCUT2D eigenvalue weighted by Gasteiger charge is -2.11. The molecule has 1 aromatic heterocycles. The van der Waals surface area contributed by atoms with Crippen molar-refractivity contribution in [2.75, 3.05) is 12.4 Å². The number of rotatable bonds is 5. The maximum Gasteiger partial charge on any atom is 0.267 e. The van der Waals surface area contributed by atoms with Gasteiger partial charge in [-0.05, 0) is 42.8 Å². The fourth-order valence-corrected chi connectivity index (χ4v) is 2.75. The Morgan fingerprint density at radius 3 is 2.70 bits per heavy atom. The molecule has 0 saturated heterocycles. The maximum atomic E-state index is 12.3. The average molecular weight is 384 g/mol. The number of amides is 1. The number of benzene rings is 2. The van der Waals surface area contributed by atoms with E-state index < -0.39 is 0 Å². The molecule has 2 aromatic carbocycles. The number of hydrogen-bond acceptors (Lipinski definition) is 4. The van der Waals surface area contributed by atoms with Crippen molar-refractivity contribution in [3.63, 3.8) is 0 Å². The minimum Gasteiger partial charge on any atom is -0.496 e. The molecule has 0 bridgehead atoms. The van der Waals surface area contributed by atoms with Gasteiger partial charge in [-0.2, -0.15) is 5.10 Å². The van der Waals surface area contributed by atoms with Crippen LogP contribution in [-0.2, 0) is 11.3 Å². The fourth-order valence-electron chi connectivity index (χ4n) is 2.57. The lowest BCUT2D eigenvalue weighted by atomic mass is 10.1. The molecule has 0 aliphatic heterocycles. The van der Waals surface area contributed by atoms with Crippen LogP contribution in [0.5, 0.6) is 5.75 Å². The molecule has 7 heteroatoms. The number of nitrogens with zero attached hydrogens (tertiary/aromatic N) is 2. The Morgan fingerprint density at radius 2 is 1.96 bits per heavy atom. The Hall–Kier alpha value is -3.12. The number of anilines is 1. The van der Waals surface area contributed by atoms with Crippen LogP contribution in [0, 0.1) is 6.92 Å². The fraction of sp³-hybridized carbons (Fsp3) is 0.150. The lowest BCUT2D eigenvalue weighted by molar-refractivity contribution is -0.117. The summed E-state index contributed by atoms with van der Waals surface area (Å²) in [6.07, 6.45) is 0. The summed E-state index contributed by atoms with van der Waals surface area (Å²) in [4.78, 5) is 24.4. The molecule has 138 valence electrons. The van der Waals surface area contributed by atoms with E-state index in [1.807, 2.05) is 31.2 Å². The van der Waals surface area contributed by atoms with Gasteiger partial charge in [-0.15, -0.1) is 0 Å². The van der Waals surface area contributed by atoms with E-state index >= 15 is 0 Å². The van der Waals surface area contributed by atoms with Gasteiger partial charge in [-0.1, -0.05) is 29.8 Å². The molecule has 1 heterocycles. The Bertz CT molecular complexity index is 1050. The summed E-state index contributed by atoms with van der Waals surface area (Å²) >= 11 is 6.07. The number of carbonyl (C=O) groups excluding carboxylic acids is 1. The smallest absolute Gasteiger partial charge is 0.267 e. The molecule has 0 aliphatic carbocycles. The third kappa shape index (κ3) is 4.35. The van der Waals surface area contributed by atoms with Crippen molar-refractivity contribution in [1.82, 2.24) is 9.78 Å². The van der Waals surface area contributed by atoms with Crippen LogP contribution in [-0.4, -0.2) is 22.8 Å². The van der Waals surface area contributed by atoms with E-state index in [-0.39, 0.29) is 18.0 Å². The highest BCUT2D eigenvalue weighted by Crippen LogP contribution is 2.27. The highest BCUT2D eigenvalue weighted by atomic mass is 35.5. The summed E-state index contributed by atoms with van der Waals surface area (Å²) in [5.41, 5.74) is 2.38. The van der Waals surface area contributed by atoms with Gasteiger partial charge in [0.25, 0.3) is 5.56 Å². The predicted octanol–water partition coefficient (Wildman–Crippen LogP) is 3.52. The number of para-hydroxylation sites is 1. The van der Waals surface area contributed by atoms with E-state index in [0.717, 1.165) is 15.8 Å². The third-order valence-corrected chi connectivity index (χ3v) is 4.41. The second-order valence-electron chi connectivity index (χ2n) is 5.93. The first kappa shape index (κ1) is 18.7. The molecule has 0 saturated carbocycles. The topological polar surface area (TPSA) is 73.2 Å². The molecule has 3 aromatic rings. The van der Waals surface area contributed by atoms with Crippen molar-refractivity contribution in [2.45, 2.75) is 13.5 Å². The van der Waals surface area contributed by atoms with Crippen LogP contribution < -0.4 is 15.6 Å². The van der Waals surface area contributed by atoms with E-state index in [4.69, 9.17) is 16.3 Å². The molecule has 1 amide bonds. The van der Waals surface area contributed by atoms with Crippen LogP contribution in [0.3, 0.4) is 0 Å². The van der Waals surface area contributed by atoms with Crippen molar-refractivity contribution >= 4 is 23.2 Å². The Balaban J connectivity index is 1.83. The van der Waals surface area contributed by atoms with Crippen molar-refractivity contribution in [3.8, 4) is 17.0 Å². The minimum absolute atomic E-state index is 0.215. The number of aromatic nitrogens is 2. The zero-order valence-electron chi connectivity index (χ0n) is 14.9. The zero-order chi connectivity index (χ0) is 19.4. The predicted molar refractivity (Wildman–Crippen MR) is 105 cm³/mol. The molecule has 0 atom stereocenters. The molecule has 27 heavy (non-hydrogen) atoms. The van der Waals surface area contributed by atoms with Crippen molar-refractivity contribution in [1.29, 1.82) is 0 Å². The van der Waals surface area contributed by atoms with Gasteiger partial charge >= 0.3 is 0 Å². The summed E-state index contributed by atoms with van der Waals surface area (Å²) in [5.74, 6) is 0.260. The van der Waals surface area contributed by atoms with Crippen molar-refractivity contribution in [2.24, 2.45) is 0 Å². The van der Waals surface area contributed by atoms with Crippen LogP contribution in [0.15, 0.2) is 59.4 Å². The molecular weight excluding hydrogens is 366 g/mol. The Labute approximate surface area is 161 Å². The Kier molecular flexibility index (Phi) is 5.57. The van der Waals surface area contributed by atoms with Gasteiger partial charge in [0, 0.05) is 22.3 Å². The SMILES string of the molecule is COc1ccccc1-c1ccc(=O)n(CC(=O)Nc2ccc(C)c(Cl)c2)n1. The van der Waals surface area contributed by atoms with Gasteiger partial charge in [-0.25, -0.2) is 4.68 Å². The zero-order valence-corrected chi connectivity index (χ0v) is 15.7. The molecule has 1 N–H and O–H groups in total. The highest BCUT2D eigenvalue weighted by Gasteiger charge is 2.11. The highest BCUT2D eigenvalue weighted by molar-refractivity contribution is 6.31. The standard InChI is InChI=1S/C20H18ClN3O3/c1-13-7-8-14(11-16(13)21)22-19(25)12-24-20(26)10-9-17(23-24)15-5-3-4-6-18(15)27-2/h3-11H,12H2,1-2H3,(H,22,25). The second kappa shape index (κ2) is 8.05. The molecule has 0 unspecified atom stereocenters. The van der Waals surface area contributed by atoms with Gasteiger partial charge in [0.2, 0.25) is 5.91 Å². The lowest BCUT2D eigenvalue weighted by Crippen LogP contribution is -2.29. The first-order valence-corrected chi connectivity index (χ1v) is 8.63. The van der Waals surface area contributed by atoms with Crippen molar-refractivity contribution < 1.29 is 9.53 Å². The maximum absolute atomic E-state index is 12.3. The van der Waals surface area contributed by atoms with E-state index in [1.165, 1.54) is 6.07 Å². The molecule has 0 aliphatic rings. The molecule has 0 spiro atoms. The summed E-state index contributed by atoms with van der Waals surface area (Å²) in [6.45, 7) is 1.66. The second-order valence-corrected chi connectivity index (χ2v) is 6.33. The van der Waals surface area contributed by atoms with Gasteiger partial charge < -0.3 is 10.1 Å².